The van der Waals surface area contributed by atoms with E-state index in [-0.39, 0.29) is 44.9 Å². The highest BCUT2D eigenvalue weighted by Crippen LogP contribution is 2.56. The van der Waals surface area contributed by atoms with Crippen LogP contribution in [-0.4, -0.2) is 84.9 Å². The third kappa shape index (κ3) is 4.77. The molecule has 5 heterocycles. The minimum absolute atomic E-state index is 0.0302. The first-order valence-electron chi connectivity index (χ1n) is 15.1. The Kier molecular flexibility index (Phi) is 7.39. The van der Waals surface area contributed by atoms with E-state index in [0.29, 0.717) is 51.6 Å². The van der Waals surface area contributed by atoms with Crippen LogP contribution in [0.5, 0.6) is 57.5 Å². The second-order valence-corrected chi connectivity index (χ2v) is 11.6. The quantitative estimate of drug-likeness (QED) is 0.360. The van der Waals surface area contributed by atoms with Crippen LogP contribution in [-0.2, 0) is 14.2 Å². The number of aliphatic hydroxyl groups is 1. The van der Waals surface area contributed by atoms with Gasteiger partial charge in [0.05, 0.1) is 53.2 Å². The van der Waals surface area contributed by atoms with Crippen LogP contribution in [0.2, 0.25) is 0 Å². The van der Waals surface area contributed by atoms with Crippen molar-refractivity contribution in [2.24, 2.45) is 5.92 Å². The number of hydrogen-bond acceptors (Lipinski definition) is 14. The highest BCUT2D eigenvalue weighted by atomic mass is 16.7. The van der Waals surface area contributed by atoms with E-state index in [9.17, 15) is 5.11 Å². The van der Waals surface area contributed by atoms with Crippen LogP contribution in [0.1, 0.15) is 23.3 Å². The lowest BCUT2D eigenvalue weighted by Crippen LogP contribution is -2.47. The van der Waals surface area contributed by atoms with Gasteiger partial charge in [0, 0.05) is 30.4 Å². The summed E-state index contributed by atoms with van der Waals surface area (Å²) in [6, 6.07) is 10.9. The highest BCUT2D eigenvalue weighted by molar-refractivity contribution is 5.66. The van der Waals surface area contributed by atoms with Crippen molar-refractivity contribution in [2.45, 2.75) is 30.2 Å². The average Bonchev–Trinajstić information content (AvgIpc) is 3.88. The molecular formula is C33H34O14. The number of fused-ring (bicyclic) bond motifs is 4. The summed E-state index contributed by atoms with van der Waals surface area (Å²) in [4.78, 5) is 0. The van der Waals surface area contributed by atoms with Crippen LogP contribution in [0.15, 0.2) is 36.4 Å². The molecule has 0 spiro atoms. The van der Waals surface area contributed by atoms with Gasteiger partial charge in [-0.25, -0.2) is 0 Å². The Balaban J connectivity index is 1.07. The number of methoxy groups -OCH3 is 4. The van der Waals surface area contributed by atoms with Crippen molar-refractivity contribution >= 4 is 0 Å². The van der Waals surface area contributed by atoms with Crippen molar-refractivity contribution in [1.82, 2.24) is 0 Å². The number of ether oxygens (including phenoxy) is 13. The summed E-state index contributed by atoms with van der Waals surface area (Å²) in [5.74, 6) is 3.90. The molecule has 2 saturated heterocycles. The SMILES string of the molecule is COC[C@H]1Oc2cc([C@H]3OC[C@]4(O)[C@@H](Oc5c(OC)cc6c(c5OC)OCO6)OC[C@H]34)c(OC)cc2O[C@@H]1c1ccc2c(c1)OCO2. The summed E-state index contributed by atoms with van der Waals surface area (Å²) < 4.78 is 76.2. The Morgan fingerprint density at radius 2 is 1.51 bits per heavy atom. The maximum Gasteiger partial charge on any atom is 0.232 e. The van der Waals surface area contributed by atoms with Gasteiger partial charge in [-0.1, -0.05) is 6.07 Å². The predicted molar refractivity (Wildman–Crippen MR) is 158 cm³/mol. The van der Waals surface area contributed by atoms with Gasteiger partial charge < -0.3 is 66.7 Å². The van der Waals surface area contributed by atoms with Gasteiger partial charge in [0.25, 0.3) is 0 Å². The van der Waals surface area contributed by atoms with Gasteiger partial charge in [0.1, 0.15) is 5.75 Å². The molecule has 0 aliphatic carbocycles. The summed E-state index contributed by atoms with van der Waals surface area (Å²) in [5.41, 5.74) is -0.0201. The molecule has 47 heavy (non-hydrogen) atoms. The lowest BCUT2D eigenvalue weighted by Gasteiger charge is -2.35. The average molecular weight is 655 g/mol. The highest BCUT2D eigenvalue weighted by Gasteiger charge is 2.61. The van der Waals surface area contributed by atoms with E-state index in [1.54, 1.807) is 26.4 Å². The van der Waals surface area contributed by atoms with Crippen LogP contribution in [0, 0.1) is 5.92 Å². The fourth-order valence-corrected chi connectivity index (χ4v) is 6.73. The molecule has 14 heteroatoms. The zero-order chi connectivity index (χ0) is 32.3. The molecule has 250 valence electrons. The normalized spacial score (nSPS) is 27.8. The second-order valence-electron chi connectivity index (χ2n) is 11.6. The standard InChI is InChI=1S/C33H34O14/c1-35-12-26-27(16-5-6-19-21(7-16)42-14-41-19)46-23-9-20(36-2)17(8-22(23)45-26)28-18-11-39-32(33(18,34)13-40-28)47-30-24(37-3)10-25-29(31(30)38-4)44-15-43-25/h5-10,18,26-28,32,34H,11-15H2,1-4H3/t18-,26-,27-,28-,32-,33-/m1/s1. The molecule has 14 nitrogen and oxygen atoms in total. The smallest absolute Gasteiger partial charge is 0.232 e. The summed E-state index contributed by atoms with van der Waals surface area (Å²) in [5, 5.41) is 12.0. The molecule has 6 atom stereocenters. The molecule has 3 aromatic carbocycles. The van der Waals surface area contributed by atoms with Crippen molar-refractivity contribution in [1.29, 1.82) is 0 Å². The lowest BCUT2D eigenvalue weighted by atomic mass is 9.85. The van der Waals surface area contributed by atoms with Crippen molar-refractivity contribution in [3.05, 3.63) is 47.5 Å². The monoisotopic (exact) mass is 654 g/mol. The van der Waals surface area contributed by atoms with Crippen LogP contribution in [0.25, 0.3) is 0 Å². The third-order valence-corrected chi connectivity index (χ3v) is 9.05. The van der Waals surface area contributed by atoms with Crippen LogP contribution in [0.3, 0.4) is 0 Å². The van der Waals surface area contributed by atoms with E-state index in [0.717, 1.165) is 5.56 Å². The molecule has 0 saturated carbocycles. The molecule has 8 rings (SSSR count). The molecule has 0 unspecified atom stereocenters. The maximum atomic E-state index is 12.0. The largest absolute Gasteiger partial charge is 0.496 e. The third-order valence-electron chi connectivity index (χ3n) is 9.05. The second kappa shape index (κ2) is 11.6. The minimum Gasteiger partial charge on any atom is -0.496 e. The molecule has 1 N–H and O–H groups in total. The Morgan fingerprint density at radius 3 is 2.32 bits per heavy atom. The van der Waals surface area contributed by atoms with E-state index in [2.05, 4.69) is 0 Å². The van der Waals surface area contributed by atoms with Crippen molar-refractivity contribution in [2.75, 3.05) is 61.8 Å². The van der Waals surface area contributed by atoms with Gasteiger partial charge >= 0.3 is 0 Å². The minimum atomic E-state index is -1.53. The van der Waals surface area contributed by atoms with E-state index in [4.69, 9.17) is 61.6 Å². The van der Waals surface area contributed by atoms with Crippen LogP contribution < -0.4 is 47.4 Å². The summed E-state index contributed by atoms with van der Waals surface area (Å²) >= 11 is 0. The first-order valence-corrected chi connectivity index (χ1v) is 15.1. The lowest BCUT2D eigenvalue weighted by molar-refractivity contribution is -0.153. The van der Waals surface area contributed by atoms with Gasteiger partial charge in [0.2, 0.25) is 37.1 Å². The van der Waals surface area contributed by atoms with Gasteiger partial charge in [-0.05, 0) is 18.2 Å². The van der Waals surface area contributed by atoms with Crippen molar-refractivity contribution < 1.29 is 66.7 Å². The van der Waals surface area contributed by atoms with E-state index >= 15 is 0 Å². The Bertz CT molecular complexity index is 1680. The van der Waals surface area contributed by atoms with Gasteiger partial charge in [-0.15, -0.1) is 0 Å². The molecule has 0 aromatic heterocycles. The van der Waals surface area contributed by atoms with Gasteiger partial charge in [0.15, 0.2) is 52.3 Å². The molecule has 0 amide bonds. The Morgan fingerprint density at radius 1 is 0.745 bits per heavy atom. The summed E-state index contributed by atoms with van der Waals surface area (Å²) in [6.45, 7) is 0.531. The summed E-state index contributed by atoms with van der Waals surface area (Å²) in [6.07, 6.45) is -2.70. The first kappa shape index (κ1) is 29.9. The van der Waals surface area contributed by atoms with Gasteiger partial charge in [-0.2, -0.15) is 0 Å². The fourth-order valence-electron chi connectivity index (χ4n) is 6.73. The molecule has 2 fully saturated rings. The summed E-state index contributed by atoms with van der Waals surface area (Å²) in [7, 11) is 6.14. The molecule has 0 radical (unpaired) electrons. The van der Waals surface area contributed by atoms with Crippen LogP contribution in [0.4, 0.5) is 0 Å². The van der Waals surface area contributed by atoms with E-state index in [1.807, 2.05) is 24.3 Å². The zero-order valence-electron chi connectivity index (χ0n) is 26.1. The Hall–Kier alpha value is -4.50. The van der Waals surface area contributed by atoms with E-state index in [1.165, 1.54) is 14.2 Å². The Labute approximate surface area is 269 Å². The fraction of sp³-hybridized carbons (Fsp3) is 0.455. The van der Waals surface area contributed by atoms with Crippen molar-refractivity contribution in [3.8, 4) is 57.5 Å². The predicted octanol–water partition coefficient (Wildman–Crippen LogP) is 3.55. The first-order chi connectivity index (χ1) is 22.9. The topological polar surface area (TPSA) is 140 Å². The van der Waals surface area contributed by atoms with Gasteiger partial charge in [-0.3, -0.25) is 0 Å². The molecule has 3 aromatic rings. The molecular weight excluding hydrogens is 620 g/mol. The molecule has 5 aliphatic heterocycles. The number of rotatable bonds is 9. The molecule has 5 aliphatic rings. The van der Waals surface area contributed by atoms with Crippen LogP contribution >= 0.6 is 0 Å². The maximum absolute atomic E-state index is 12.0. The number of benzene rings is 3. The molecule has 0 bridgehead atoms. The number of hydrogen-bond donors (Lipinski definition) is 1. The zero-order valence-corrected chi connectivity index (χ0v) is 26.1. The van der Waals surface area contributed by atoms with Crippen molar-refractivity contribution in [3.63, 3.8) is 0 Å². The van der Waals surface area contributed by atoms with E-state index < -0.39 is 36.1 Å².